The first-order valence-electron chi connectivity index (χ1n) is 11.3. The van der Waals surface area contributed by atoms with E-state index in [1.54, 1.807) is 36.7 Å². The van der Waals surface area contributed by atoms with E-state index in [0.717, 1.165) is 22.5 Å². The van der Waals surface area contributed by atoms with Gasteiger partial charge in [0.2, 0.25) is 0 Å². The van der Waals surface area contributed by atoms with Crippen LogP contribution in [0, 0.1) is 44.7 Å². The molecule has 0 fully saturated rings. The maximum absolute atomic E-state index is 13.1. The second-order valence-electron chi connectivity index (χ2n) is 8.78. The van der Waals surface area contributed by atoms with Crippen molar-refractivity contribution in [2.45, 2.75) is 47.7 Å². The minimum atomic E-state index is -0.415. The summed E-state index contributed by atoms with van der Waals surface area (Å²) in [5.74, 6) is -0.243. The summed E-state index contributed by atoms with van der Waals surface area (Å²) in [6.07, 6.45) is 0. The highest BCUT2D eigenvalue weighted by Gasteiger charge is 2.22. The maximum atomic E-state index is 13.1. The number of carbonyl (C=O) groups is 1. The van der Waals surface area contributed by atoms with Crippen LogP contribution in [0.5, 0.6) is 0 Å². The number of rotatable bonds is 7. The van der Waals surface area contributed by atoms with Crippen LogP contribution in [0.15, 0.2) is 48.5 Å². The summed E-state index contributed by atoms with van der Waals surface area (Å²) in [5, 5.41) is 23.2. The van der Waals surface area contributed by atoms with Gasteiger partial charge >= 0.3 is 5.69 Å². The highest BCUT2D eigenvalue weighted by molar-refractivity contribution is 6.05. The van der Waals surface area contributed by atoms with Gasteiger partial charge in [0.15, 0.2) is 0 Å². The van der Waals surface area contributed by atoms with Gasteiger partial charge in [0.25, 0.3) is 5.91 Å². The van der Waals surface area contributed by atoms with Crippen LogP contribution in [-0.4, -0.2) is 30.4 Å². The molecule has 0 spiro atoms. The lowest BCUT2D eigenvalue weighted by atomic mass is 10.1. The summed E-state index contributed by atoms with van der Waals surface area (Å²) < 4.78 is 3.48. The van der Waals surface area contributed by atoms with E-state index in [-0.39, 0.29) is 11.6 Å². The Bertz CT molecular complexity index is 1420. The lowest BCUT2D eigenvalue weighted by Gasteiger charge is -2.09. The fourth-order valence-corrected chi connectivity index (χ4v) is 4.17. The number of aromatic nitrogens is 4. The van der Waals surface area contributed by atoms with Crippen molar-refractivity contribution in [2.24, 2.45) is 0 Å². The Hall–Kier alpha value is -4.27. The molecule has 35 heavy (non-hydrogen) atoms. The Morgan fingerprint density at radius 3 is 2.17 bits per heavy atom. The van der Waals surface area contributed by atoms with Crippen LogP contribution in [0.2, 0.25) is 0 Å². The molecule has 0 saturated heterocycles. The molecule has 1 amide bonds. The van der Waals surface area contributed by atoms with E-state index in [1.165, 1.54) is 5.56 Å². The Morgan fingerprint density at radius 2 is 1.51 bits per heavy atom. The van der Waals surface area contributed by atoms with Crippen LogP contribution in [0.3, 0.4) is 0 Å². The van der Waals surface area contributed by atoms with E-state index in [9.17, 15) is 14.9 Å². The lowest BCUT2D eigenvalue weighted by Crippen LogP contribution is -2.14. The van der Waals surface area contributed by atoms with E-state index in [4.69, 9.17) is 0 Å². The van der Waals surface area contributed by atoms with Gasteiger partial charge in [0, 0.05) is 5.56 Å². The molecule has 0 unspecified atom stereocenters. The van der Waals surface area contributed by atoms with Crippen molar-refractivity contribution >= 4 is 17.3 Å². The Labute approximate surface area is 203 Å². The maximum Gasteiger partial charge on any atom is 0.312 e. The molecule has 180 valence electrons. The third-order valence-corrected chi connectivity index (χ3v) is 6.12. The van der Waals surface area contributed by atoms with Crippen LogP contribution in [-0.2, 0) is 13.1 Å². The SMILES string of the molecule is Cc1ccc(Cn2nc(C)c(NC(=O)c3cccc(Cn4nc(C)c([N+](=O)[O-])c4C)c3)c2C)cc1. The summed E-state index contributed by atoms with van der Waals surface area (Å²) in [5.41, 5.74) is 6.84. The number of nitrogens with one attached hydrogen (secondary N) is 1. The lowest BCUT2D eigenvalue weighted by molar-refractivity contribution is -0.386. The number of hydrogen-bond donors (Lipinski definition) is 1. The zero-order valence-corrected chi connectivity index (χ0v) is 20.5. The minimum absolute atomic E-state index is 0.0208. The standard InChI is InChI=1S/C26H28N6O3/c1-16-9-11-21(12-10-16)14-30-19(4)24(17(2)28-30)27-26(33)23-8-6-7-22(13-23)15-31-20(5)25(32(34)35)18(3)29-31/h6-13H,14-15H2,1-5H3,(H,27,33). The van der Waals surface area contributed by atoms with Crippen molar-refractivity contribution < 1.29 is 9.72 Å². The third-order valence-electron chi connectivity index (χ3n) is 6.12. The number of nitro groups is 1. The first kappa shape index (κ1) is 23.9. The molecule has 0 saturated carbocycles. The minimum Gasteiger partial charge on any atom is -0.319 e. The first-order chi connectivity index (χ1) is 16.6. The number of carbonyl (C=O) groups excluding carboxylic acids is 1. The number of benzene rings is 2. The molecule has 0 atom stereocenters. The summed E-state index contributed by atoms with van der Waals surface area (Å²) in [6, 6.07) is 15.5. The van der Waals surface area contributed by atoms with E-state index < -0.39 is 4.92 Å². The fourth-order valence-electron chi connectivity index (χ4n) is 4.17. The van der Waals surface area contributed by atoms with E-state index in [0.29, 0.717) is 35.7 Å². The average molecular weight is 473 g/mol. The van der Waals surface area contributed by atoms with Gasteiger partial charge in [-0.3, -0.25) is 24.3 Å². The Balaban J connectivity index is 1.52. The van der Waals surface area contributed by atoms with E-state index in [2.05, 4.69) is 46.7 Å². The second kappa shape index (κ2) is 9.54. The summed E-state index contributed by atoms with van der Waals surface area (Å²) in [4.78, 5) is 24.0. The van der Waals surface area contributed by atoms with Crippen molar-refractivity contribution in [1.29, 1.82) is 0 Å². The zero-order valence-electron chi connectivity index (χ0n) is 20.5. The number of anilines is 1. The molecule has 0 aliphatic heterocycles. The van der Waals surface area contributed by atoms with Gasteiger partial charge in [-0.25, -0.2) is 0 Å². The average Bonchev–Trinajstić information content (AvgIpc) is 3.24. The van der Waals surface area contributed by atoms with E-state index >= 15 is 0 Å². The van der Waals surface area contributed by atoms with Gasteiger partial charge in [-0.1, -0.05) is 42.0 Å². The van der Waals surface area contributed by atoms with Gasteiger partial charge in [-0.05, 0) is 57.9 Å². The summed E-state index contributed by atoms with van der Waals surface area (Å²) in [6.45, 7) is 10.1. The van der Waals surface area contributed by atoms with Crippen molar-refractivity contribution in [3.8, 4) is 0 Å². The molecule has 1 N–H and O–H groups in total. The smallest absolute Gasteiger partial charge is 0.312 e. The number of nitrogens with zero attached hydrogens (tertiary/aromatic N) is 5. The molecule has 0 bridgehead atoms. The molecule has 4 aromatic rings. The molecule has 9 heteroatoms. The van der Waals surface area contributed by atoms with Crippen molar-refractivity contribution in [1.82, 2.24) is 19.6 Å². The quantitative estimate of drug-likeness (QED) is 0.305. The van der Waals surface area contributed by atoms with Crippen molar-refractivity contribution in [3.63, 3.8) is 0 Å². The fraction of sp³-hybridized carbons (Fsp3) is 0.269. The third kappa shape index (κ3) is 4.98. The molecule has 0 aliphatic rings. The normalized spacial score (nSPS) is 11.0. The van der Waals surface area contributed by atoms with Gasteiger partial charge in [0.05, 0.1) is 35.1 Å². The number of hydrogen-bond acceptors (Lipinski definition) is 5. The molecular formula is C26H28N6O3. The second-order valence-corrected chi connectivity index (χ2v) is 8.78. The van der Waals surface area contributed by atoms with Crippen LogP contribution >= 0.6 is 0 Å². The largest absolute Gasteiger partial charge is 0.319 e. The zero-order chi connectivity index (χ0) is 25.3. The molecule has 0 radical (unpaired) electrons. The Morgan fingerprint density at radius 1 is 0.886 bits per heavy atom. The predicted octanol–water partition coefficient (Wildman–Crippen LogP) is 4.88. The number of amides is 1. The Kier molecular flexibility index (Phi) is 6.50. The molecule has 4 rings (SSSR count). The molecule has 0 aliphatic carbocycles. The van der Waals surface area contributed by atoms with Crippen LogP contribution in [0.1, 0.15) is 49.8 Å². The van der Waals surface area contributed by atoms with E-state index in [1.807, 2.05) is 24.6 Å². The summed E-state index contributed by atoms with van der Waals surface area (Å²) >= 11 is 0. The van der Waals surface area contributed by atoms with Crippen LogP contribution in [0.25, 0.3) is 0 Å². The van der Waals surface area contributed by atoms with Crippen molar-refractivity contribution in [3.05, 3.63) is 104 Å². The molecule has 9 nitrogen and oxygen atoms in total. The van der Waals surface area contributed by atoms with Crippen LogP contribution in [0.4, 0.5) is 11.4 Å². The summed E-state index contributed by atoms with van der Waals surface area (Å²) in [7, 11) is 0. The van der Waals surface area contributed by atoms with Crippen molar-refractivity contribution in [2.75, 3.05) is 5.32 Å². The van der Waals surface area contributed by atoms with Gasteiger partial charge in [-0.2, -0.15) is 10.2 Å². The molecular weight excluding hydrogens is 444 g/mol. The topological polar surface area (TPSA) is 108 Å². The van der Waals surface area contributed by atoms with Gasteiger partial charge < -0.3 is 5.32 Å². The molecule has 2 aromatic carbocycles. The highest BCUT2D eigenvalue weighted by atomic mass is 16.6. The first-order valence-corrected chi connectivity index (χ1v) is 11.3. The van der Waals surface area contributed by atoms with Gasteiger partial charge in [0.1, 0.15) is 11.4 Å². The predicted molar refractivity (Wildman–Crippen MR) is 134 cm³/mol. The molecule has 2 heterocycles. The van der Waals surface area contributed by atoms with Gasteiger partial charge in [-0.15, -0.1) is 0 Å². The monoisotopic (exact) mass is 472 g/mol. The number of aryl methyl sites for hydroxylation is 3. The highest BCUT2D eigenvalue weighted by Crippen LogP contribution is 2.24. The molecule has 2 aromatic heterocycles. The van der Waals surface area contributed by atoms with Crippen LogP contribution < -0.4 is 5.32 Å².